The molecule has 1 aliphatic carbocycles. The van der Waals surface area contributed by atoms with E-state index in [0.717, 1.165) is 43.5 Å². The lowest BCUT2D eigenvalue weighted by atomic mass is 9.64. The first-order valence-electron chi connectivity index (χ1n) is 13.0. The zero-order valence-electron chi connectivity index (χ0n) is 22.5. The number of amides is 1. The van der Waals surface area contributed by atoms with Gasteiger partial charge in [0.1, 0.15) is 11.2 Å². The van der Waals surface area contributed by atoms with Crippen LogP contribution < -0.4 is 15.8 Å². The van der Waals surface area contributed by atoms with E-state index in [4.69, 9.17) is 38.9 Å². The average molecular weight is 587 g/mol. The van der Waals surface area contributed by atoms with Gasteiger partial charge in [-0.2, -0.15) is 0 Å². The van der Waals surface area contributed by atoms with E-state index in [9.17, 15) is 9.00 Å². The predicted molar refractivity (Wildman–Crippen MR) is 157 cm³/mol. The highest BCUT2D eigenvalue weighted by Crippen LogP contribution is 2.58. The third kappa shape index (κ3) is 4.60. The number of nitrogens with two attached hydrogens (primary N) is 1. The quantitative estimate of drug-likeness (QED) is 0.387. The van der Waals surface area contributed by atoms with Crippen LogP contribution in [0.5, 0.6) is 0 Å². The molecule has 4 N–H and O–H groups in total. The van der Waals surface area contributed by atoms with E-state index in [2.05, 4.69) is 22.2 Å². The zero-order valence-corrected chi connectivity index (χ0v) is 24.9. The molecule has 0 bridgehead atoms. The minimum atomic E-state index is -1.48. The minimum absolute atomic E-state index is 0.0536. The number of halogens is 2. The van der Waals surface area contributed by atoms with E-state index >= 15 is 0 Å². The molecule has 1 saturated heterocycles. The van der Waals surface area contributed by atoms with Crippen molar-refractivity contribution in [1.82, 2.24) is 20.0 Å². The first-order valence-corrected chi connectivity index (χ1v) is 14.9. The Bertz CT molecular complexity index is 1480. The fourth-order valence-electron chi connectivity index (χ4n) is 6.08. The summed E-state index contributed by atoms with van der Waals surface area (Å²) in [5.41, 5.74) is 8.26. The van der Waals surface area contributed by atoms with Crippen molar-refractivity contribution in [2.75, 3.05) is 13.1 Å². The lowest BCUT2D eigenvalue weighted by Gasteiger charge is -2.49. The highest BCUT2D eigenvalue weighted by molar-refractivity contribution is 7.84. The molecule has 3 aromatic rings. The first-order chi connectivity index (χ1) is 18.4. The van der Waals surface area contributed by atoms with Gasteiger partial charge in [-0.15, -0.1) is 0 Å². The number of carbonyl (C=O) groups excluding carboxylic acids is 1. The minimum Gasteiger partial charge on any atom is -0.364 e. The van der Waals surface area contributed by atoms with Gasteiger partial charge in [-0.25, -0.2) is 18.9 Å². The molecule has 1 aliphatic heterocycles. The largest absolute Gasteiger partial charge is 0.364 e. The third-order valence-corrected chi connectivity index (χ3v) is 10.4. The Morgan fingerprint density at radius 3 is 2.44 bits per heavy atom. The van der Waals surface area contributed by atoms with Crippen LogP contribution in [0.2, 0.25) is 10.0 Å². The molecule has 1 aromatic heterocycles. The fraction of sp³-hybridized carbons (Fsp3) is 0.414. The van der Waals surface area contributed by atoms with Gasteiger partial charge in [0.05, 0.1) is 25.8 Å². The average Bonchev–Trinajstić information content (AvgIpc) is 3.14. The van der Waals surface area contributed by atoms with Gasteiger partial charge >= 0.3 is 0 Å². The number of primary amides is 1. The molecule has 1 amide bonds. The Morgan fingerprint density at radius 1 is 1.08 bits per heavy atom. The number of aromatic nitrogens is 2. The molecule has 5 rings (SSSR count). The summed E-state index contributed by atoms with van der Waals surface area (Å²) in [5, 5.41) is 4.12. The smallest absolute Gasteiger partial charge is 0.268 e. The Kier molecular flexibility index (Phi) is 7.40. The molecule has 2 aliphatic rings. The van der Waals surface area contributed by atoms with Gasteiger partial charge in [-0.1, -0.05) is 59.6 Å². The van der Waals surface area contributed by atoms with Gasteiger partial charge < -0.3 is 11.1 Å². The van der Waals surface area contributed by atoms with E-state index in [-0.39, 0.29) is 11.1 Å². The summed E-state index contributed by atoms with van der Waals surface area (Å²) < 4.78 is 16.9. The Hall–Kier alpha value is -2.36. The summed E-state index contributed by atoms with van der Waals surface area (Å²) in [6.07, 6.45) is 2.40. The molecule has 10 heteroatoms. The molecular weight excluding hydrogens is 553 g/mol. The van der Waals surface area contributed by atoms with Gasteiger partial charge in [0.25, 0.3) is 5.91 Å². The van der Waals surface area contributed by atoms with Crippen LogP contribution in [0.15, 0.2) is 42.5 Å². The second kappa shape index (κ2) is 10.2. The molecule has 7 nitrogen and oxygen atoms in total. The monoisotopic (exact) mass is 585 g/mol. The molecule has 0 unspecified atom stereocenters. The second-order valence-corrected chi connectivity index (χ2v) is 14.2. The van der Waals surface area contributed by atoms with Crippen LogP contribution in [0.3, 0.4) is 0 Å². The topological polar surface area (TPSA) is 110 Å². The van der Waals surface area contributed by atoms with Crippen LogP contribution in [0.4, 0.5) is 0 Å². The highest BCUT2D eigenvalue weighted by Gasteiger charge is 2.61. The van der Waals surface area contributed by atoms with Crippen LogP contribution in [-0.2, 0) is 22.9 Å². The third-order valence-electron chi connectivity index (χ3n) is 7.99. The van der Waals surface area contributed by atoms with E-state index < -0.39 is 27.2 Å². The Morgan fingerprint density at radius 2 is 1.77 bits per heavy atom. The van der Waals surface area contributed by atoms with Crippen molar-refractivity contribution in [2.45, 2.75) is 57.2 Å². The van der Waals surface area contributed by atoms with Crippen molar-refractivity contribution in [3.63, 3.8) is 0 Å². The van der Waals surface area contributed by atoms with Crippen LogP contribution in [0.1, 0.15) is 66.7 Å². The van der Waals surface area contributed by atoms with E-state index in [0.29, 0.717) is 32.7 Å². The van der Waals surface area contributed by atoms with Gasteiger partial charge in [-0.05, 0) is 77.2 Å². The molecule has 1 fully saturated rings. The number of benzene rings is 2. The molecule has 1 spiro atoms. The van der Waals surface area contributed by atoms with Gasteiger partial charge in [0, 0.05) is 22.2 Å². The number of hydrogen-bond acceptors (Lipinski definition) is 5. The van der Waals surface area contributed by atoms with Gasteiger partial charge in [0.2, 0.25) is 0 Å². The summed E-state index contributed by atoms with van der Waals surface area (Å²) in [6, 6.07) is 13.4. The number of fused-ring (bicyclic) bond motifs is 1. The maximum absolute atomic E-state index is 13.9. The first kappa shape index (κ1) is 28.2. The molecule has 0 saturated carbocycles. The molecule has 2 atom stereocenters. The van der Waals surface area contributed by atoms with Crippen molar-refractivity contribution < 1.29 is 9.00 Å². The highest BCUT2D eigenvalue weighted by atomic mass is 35.5. The number of nitrogens with zero attached hydrogens (tertiary/aromatic N) is 2. The van der Waals surface area contributed by atoms with E-state index in [1.165, 1.54) is 0 Å². The number of nitrogens with one attached hydrogen (secondary N) is 2. The van der Waals surface area contributed by atoms with E-state index in [1.54, 1.807) is 18.2 Å². The molecule has 39 heavy (non-hydrogen) atoms. The standard InChI is InChI=1S/C29H33Cl2N5O2S/c1-17-22(19-9-7-11-21(30)23(19)31)24(25(32)37)35-26(34-17)29(36-39(38)27(2,3)4)20-10-6-5-8-18(20)16-28(29)12-14-33-15-13-28/h5-11,33,36H,12-16H2,1-4H3,(H2,32,37)/t29-,39+/m0/s1. The summed E-state index contributed by atoms with van der Waals surface area (Å²) in [6.45, 7) is 9.23. The molecule has 0 radical (unpaired) electrons. The lowest BCUT2D eigenvalue weighted by molar-refractivity contribution is 0.0970. The predicted octanol–water partition coefficient (Wildman–Crippen LogP) is 5.08. The fourth-order valence-corrected chi connectivity index (χ4v) is 7.47. The number of hydrogen-bond donors (Lipinski definition) is 3. The maximum atomic E-state index is 13.9. The molecule has 206 valence electrons. The van der Waals surface area contributed by atoms with Gasteiger partial charge in [-0.3, -0.25) is 4.79 Å². The SMILES string of the molecule is Cc1nc([C@@]2(N[S@](=O)C(C)(C)C)c3ccccc3CC23CCNCC3)nc(C(N)=O)c1-c1cccc(Cl)c1Cl. The van der Waals surface area contributed by atoms with Crippen molar-refractivity contribution >= 4 is 40.1 Å². The summed E-state index contributed by atoms with van der Waals surface area (Å²) >= 11 is 12.9. The second-order valence-electron chi connectivity index (χ2n) is 11.4. The molecular formula is C29H33Cl2N5O2S. The lowest BCUT2D eigenvalue weighted by Crippen LogP contribution is -2.60. The van der Waals surface area contributed by atoms with Crippen LogP contribution in [-0.4, -0.2) is 37.9 Å². The summed E-state index contributed by atoms with van der Waals surface area (Å²) in [4.78, 5) is 23.0. The van der Waals surface area contributed by atoms with Crippen LogP contribution >= 0.6 is 23.2 Å². The van der Waals surface area contributed by atoms with Crippen LogP contribution in [0, 0.1) is 12.3 Å². The van der Waals surface area contributed by atoms with Crippen LogP contribution in [0.25, 0.3) is 11.1 Å². The summed E-state index contributed by atoms with van der Waals surface area (Å²) in [7, 11) is -1.48. The molecule has 2 aromatic carbocycles. The Balaban J connectivity index is 1.85. The number of aryl methyl sites for hydroxylation is 1. The number of rotatable bonds is 5. The Labute approximate surface area is 241 Å². The van der Waals surface area contributed by atoms with E-state index in [1.807, 2.05) is 39.8 Å². The normalized spacial score (nSPS) is 21.1. The van der Waals surface area contributed by atoms with Gasteiger partial charge in [0.15, 0.2) is 5.82 Å². The zero-order chi connectivity index (χ0) is 28.2. The van der Waals surface area contributed by atoms with Crippen molar-refractivity contribution in [3.05, 3.63) is 80.8 Å². The summed E-state index contributed by atoms with van der Waals surface area (Å²) in [5.74, 6) is -0.314. The van der Waals surface area contributed by atoms with Crippen molar-refractivity contribution in [3.8, 4) is 11.1 Å². The van der Waals surface area contributed by atoms with Crippen molar-refractivity contribution in [1.29, 1.82) is 0 Å². The molecule has 2 heterocycles. The maximum Gasteiger partial charge on any atom is 0.268 e. The number of piperidine rings is 1. The van der Waals surface area contributed by atoms with Crippen molar-refractivity contribution in [2.24, 2.45) is 11.1 Å². The number of carbonyl (C=O) groups is 1.